The van der Waals surface area contributed by atoms with Gasteiger partial charge in [-0.1, -0.05) is 11.6 Å². The van der Waals surface area contributed by atoms with Crippen molar-refractivity contribution in [3.63, 3.8) is 0 Å². The van der Waals surface area contributed by atoms with Crippen LogP contribution in [0.3, 0.4) is 0 Å². The van der Waals surface area contributed by atoms with Gasteiger partial charge < -0.3 is 13.9 Å². The molecule has 0 aliphatic rings. The number of hydrogen-bond donors (Lipinski definition) is 0. The molecule has 0 spiro atoms. The molecular formula is C24H26ClN3O5S. The first-order valence-electron chi connectivity index (χ1n) is 10.6. The van der Waals surface area contributed by atoms with E-state index in [1.807, 2.05) is 0 Å². The van der Waals surface area contributed by atoms with Gasteiger partial charge in [0.2, 0.25) is 0 Å². The van der Waals surface area contributed by atoms with Crippen molar-refractivity contribution in [3.8, 4) is 6.07 Å². The summed E-state index contributed by atoms with van der Waals surface area (Å²) in [5.74, 6) is -0.117. The maximum atomic E-state index is 13.3. The number of pyridine rings is 1. The third kappa shape index (κ3) is 5.03. The van der Waals surface area contributed by atoms with Crippen LogP contribution in [0.5, 0.6) is 0 Å². The van der Waals surface area contributed by atoms with Crippen LogP contribution in [0.2, 0.25) is 5.15 Å². The lowest BCUT2D eigenvalue weighted by Gasteiger charge is -2.27. The molecule has 1 unspecified atom stereocenters. The van der Waals surface area contributed by atoms with Gasteiger partial charge >= 0.3 is 12.1 Å². The predicted molar refractivity (Wildman–Crippen MR) is 130 cm³/mol. The zero-order valence-corrected chi connectivity index (χ0v) is 21.5. The number of amides is 1. The predicted octanol–water partition coefficient (Wildman–Crippen LogP) is 6.14. The zero-order chi connectivity index (χ0) is 25.3. The van der Waals surface area contributed by atoms with E-state index in [2.05, 4.69) is 11.1 Å². The standard InChI is InChI=1S/C24H26ClN3O5S/c1-7-31-21(29)24(6,13-26)20-14(2)18-19(34-20)16(11-17(25)27-18)28(12-15-9-8-10-32-15)22(30)33-23(3,4)5/h8-11H,7,12H2,1-6H3. The van der Waals surface area contributed by atoms with E-state index in [9.17, 15) is 14.9 Å². The maximum absolute atomic E-state index is 13.3. The van der Waals surface area contributed by atoms with Crippen LogP contribution in [0.15, 0.2) is 28.9 Å². The molecule has 180 valence electrons. The van der Waals surface area contributed by atoms with Gasteiger partial charge in [0.25, 0.3) is 0 Å². The molecule has 0 saturated heterocycles. The normalized spacial score (nSPS) is 13.2. The smallest absolute Gasteiger partial charge is 0.415 e. The molecule has 0 N–H and O–H groups in total. The minimum atomic E-state index is -1.55. The monoisotopic (exact) mass is 503 g/mol. The average Bonchev–Trinajstić information content (AvgIpc) is 3.38. The number of carbonyl (C=O) groups excluding carboxylic acids is 2. The second-order valence-corrected chi connectivity index (χ2v) is 10.2. The van der Waals surface area contributed by atoms with Crippen molar-refractivity contribution >= 4 is 50.9 Å². The van der Waals surface area contributed by atoms with Crippen LogP contribution in [0.1, 0.15) is 50.8 Å². The van der Waals surface area contributed by atoms with Gasteiger partial charge in [0.1, 0.15) is 16.5 Å². The summed E-state index contributed by atoms with van der Waals surface area (Å²) in [4.78, 5) is 32.3. The highest BCUT2D eigenvalue weighted by Crippen LogP contribution is 2.44. The van der Waals surface area contributed by atoms with E-state index >= 15 is 0 Å². The summed E-state index contributed by atoms with van der Waals surface area (Å²) in [6.07, 6.45) is 0.913. The Morgan fingerprint density at radius 1 is 1.32 bits per heavy atom. The molecule has 0 radical (unpaired) electrons. The van der Waals surface area contributed by atoms with Gasteiger partial charge in [0.15, 0.2) is 5.41 Å². The number of fused-ring (bicyclic) bond motifs is 1. The average molecular weight is 504 g/mol. The molecule has 3 aromatic heterocycles. The van der Waals surface area contributed by atoms with Crippen LogP contribution in [-0.4, -0.2) is 29.3 Å². The highest BCUT2D eigenvalue weighted by atomic mass is 35.5. The first kappa shape index (κ1) is 25.5. The zero-order valence-electron chi connectivity index (χ0n) is 19.9. The number of aryl methyl sites for hydroxylation is 1. The van der Waals surface area contributed by atoms with Crippen molar-refractivity contribution in [2.24, 2.45) is 0 Å². The van der Waals surface area contributed by atoms with Gasteiger partial charge in [0.05, 0.1) is 41.4 Å². The van der Waals surface area contributed by atoms with E-state index in [0.29, 0.717) is 32.1 Å². The van der Waals surface area contributed by atoms with E-state index in [0.717, 1.165) is 0 Å². The number of hydrogen-bond acceptors (Lipinski definition) is 8. The number of thiophene rings is 1. The Bertz CT molecular complexity index is 1260. The molecule has 0 aromatic carbocycles. The number of aromatic nitrogens is 1. The molecule has 0 aliphatic heterocycles. The van der Waals surface area contributed by atoms with Gasteiger partial charge in [0, 0.05) is 10.9 Å². The summed E-state index contributed by atoms with van der Waals surface area (Å²) in [6.45, 7) is 10.5. The van der Waals surface area contributed by atoms with Gasteiger partial charge in [-0.05, 0) is 59.2 Å². The number of nitrogens with zero attached hydrogens (tertiary/aromatic N) is 3. The number of halogens is 1. The fourth-order valence-corrected chi connectivity index (χ4v) is 4.94. The Kier molecular flexibility index (Phi) is 7.24. The van der Waals surface area contributed by atoms with Gasteiger partial charge in [-0.3, -0.25) is 4.90 Å². The number of carbonyl (C=O) groups is 2. The Balaban J connectivity index is 2.23. The quantitative estimate of drug-likeness (QED) is 0.294. The summed E-state index contributed by atoms with van der Waals surface area (Å²) in [6, 6.07) is 7.12. The molecule has 0 saturated carbocycles. The number of furan rings is 1. The van der Waals surface area contributed by atoms with Crippen LogP contribution < -0.4 is 4.90 Å². The topological polar surface area (TPSA) is 106 Å². The van der Waals surface area contributed by atoms with Crippen LogP contribution in [-0.2, 0) is 26.2 Å². The van der Waals surface area contributed by atoms with Crippen molar-refractivity contribution in [2.45, 2.75) is 59.1 Å². The summed E-state index contributed by atoms with van der Waals surface area (Å²) in [7, 11) is 0. The van der Waals surface area contributed by atoms with Gasteiger partial charge in [-0.2, -0.15) is 5.26 Å². The van der Waals surface area contributed by atoms with Crippen molar-refractivity contribution in [1.29, 1.82) is 5.26 Å². The van der Waals surface area contributed by atoms with E-state index in [1.165, 1.54) is 29.4 Å². The van der Waals surface area contributed by atoms with Crippen LogP contribution in [0.25, 0.3) is 10.2 Å². The SMILES string of the molecule is CCOC(=O)C(C)(C#N)c1sc2c(N(Cc3ccco3)C(=O)OC(C)(C)C)cc(Cl)nc2c1C. The molecule has 3 aromatic rings. The van der Waals surface area contributed by atoms with E-state index < -0.39 is 23.1 Å². The minimum absolute atomic E-state index is 0.0804. The molecule has 3 rings (SSSR count). The lowest BCUT2D eigenvalue weighted by atomic mass is 9.88. The van der Waals surface area contributed by atoms with Crippen molar-refractivity contribution in [2.75, 3.05) is 11.5 Å². The van der Waals surface area contributed by atoms with Crippen molar-refractivity contribution in [1.82, 2.24) is 4.98 Å². The fraction of sp³-hybridized carbons (Fsp3) is 0.417. The molecule has 8 nitrogen and oxygen atoms in total. The summed E-state index contributed by atoms with van der Waals surface area (Å²) in [5.41, 5.74) is -0.755. The van der Waals surface area contributed by atoms with Gasteiger partial charge in [-0.15, -0.1) is 11.3 Å². The number of esters is 1. The van der Waals surface area contributed by atoms with Crippen LogP contribution in [0, 0.1) is 18.3 Å². The largest absolute Gasteiger partial charge is 0.467 e. The number of anilines is 1. The molecule has 1 amide bonds. The molecule has 0 aliphatic carbocycles. The van der Waals surface area contributed by atoms with Crippen molar-refractivity contribution in [3.05, 3.63) is 45.8 Å². The third-order valence-electron chi connectivity index (χ3n) is 4.98. The number of rotatable bonds is 6. The number of nitriles is 1. The second kappa shape index (κ2) is 9.65. The third-order valence-corrected chi connectivity index (χ3v) is 6.70. The number of ether oxygens (including phenoxy) is 2. The summed E-state index contributed by atoms with van der Waals surface area (Å²) in [5, 5.41) is 10.1. The Labute approximate surface area is 207 Å². The highest BCUT2D eigenvalue weighted by molar-refractivity contribution is 7.20. The van der Waals surface area contributed by atoms with Crippen LogP contribution in [0.4, 0.5) is 10.5 Å². The second-order valence-electron chi connectivity index (χ2n) is 8.80. The van der Waals surface area contributed by atoms with Gasteiger partial charge in [-0.25, -0.2) is 14.6 Å². The molecule has 1 atom stereocenters. The lowest BCUT2D eigenvalue weighted by Crippen LogP contribution is -2.36. The first-order valence-corrected chi connectivity index (χ1v) is 11.8. The fourth-order valence-electron chi connectivity index (χ4n) is 3.40. The van der Waals surface area contributed by atoms with E-state index in [1.54, 1.807) is 52.8 Å². The maximum Gasteiger partial charge on any atom is 0.415 e. The molecule has 3 heterocycles. The van der Waals surface area contributed by atoms with E-state index in [-0.39, 0.29) is 18.3 Å². The Morgan fingerprint density at radius 2 is 2.03 bits per heavy atom. The highest BCUT2D eigenvalue weighted by Gasteiger charge is 2.41. The lowest BCUT2D eigenvalue weighted by molar-refractivity contribution is -0.147. The van der Waals surface area contributed by atoms with Crippen molar-refractivity contribution < 1.29 is 23.5 Å². The molecule has 10 heteroatoms. The Hall–Kier alpha value is -3.09. The minimum Gasteiger partial charge on any atom is -0.467 e. The molecule has 0 bridgehead atoms. The molecule has 0 fully saturated rings. The summed E-state index contributed by atoms with van der Waals surface area (Å²) < 4.78 is 16.9. The first-order chi connectivity index (χ1) is 15.9. The summed E-state index contributed by atoms with van der Waals surface area (Å²) >= 11 is 7.56. The van der Waals surface area contributed by atoms with E-state index in [4.69, 9.17) is 25.5 Å². The molecule has 34 heavy (non-hydrogen) atoms. The molecular weight excluding hydrogens is 478 g/mol. The Morgan fingerprint density at radius 3 is 2.59 bits per heavy atom. The van der Waals surface area contributed by atoms with Crippen LogP contribution >= 0.6 is 22.9 Å².